The lowest BCUT2D eigenvalue weighted by atomic mass is 10.1. The Hall–Kier alpha value is -1.72. The van der Waals surface area contributed by atoms with Crippen LogP contribution in [-0.2, 0) is 19.2 Å². The first-order chi connectivity index (χ1) is 6.91. The number of aliphatic carboxylic acids is 2. The quantitative estimate of drug-likeness (QED) is 0.562. The normalized spacial score (nSPS) is 9.60. The number of carbonyl (C=O) groups excluding carboxylic acids is 2. The highest BCUT2D eigenvalue weighted by atomic mass is 16.4. The second kappa shape index (κ2) is 6.69. The summed E-state index contributed by atoms with van der Waals surface area (Å²) in [5.74, 6) is -3.12. The molecule has 15 heavy (non-hydrogen) atoms. The van der Waals surface area contributed by atoms with Gasteiger partial charge < -0.3 is 10.2 Å². The molecular formula is C9H12O6. The van der Waals surface area contributed by atoms with Gasteiger partial charge in [0.25, 0.3) is 0 Å². The average molecular weight is 216 g/mol. The number of ketones is 2. The molecule has 6 nitrogen and oxygen atoms in total. The van der Waals surface area contributed by atoms with E-state index < -0.39 is 23.5 Å². The molecule has 0 aromatic rings. The minimum absolute atomic E-state index is 0.186. The van der Waals surface area contributed by atoms with Crippen LogP contribution in [0.3, 0.4) is 0 Å². The Balaban J connectivity index is 3.71. The zero-order chi connectivity index (χ0) is 11.8. The Kier molecular flexibility index (Phi) is 5.92. The predicted octanol–water partition coefficient (Wildman–Crippen LogP) is 0.244. The van der Waals surface area contributed by atoms with Gasteiger partial charge in [-0.25, -0.2) is 0 Å². The molecule has 2 N–H and O–H groups in total. The van der Waals surface area contributed by atoms with Crippen LogP contribution in [0, 0.1) is 0 Å². The Morgan fingerprint density at radius 3 is 1.27 bits per heavy atom. The predicted molar refractivity (Wildman–Crippen MR) is 48.4 cm³/mol. The Morgan fingerprint density at radius 1 is 0.667 bits per heavy atom. The van der Waals surface area contributed by atoms with E-state index in [0.29, 0.717) is 0 Å². The van der Waals surface area contributed by atoms with E-state index in [-0.39, 0.29) is 32.1 Å². The van der Waals surface area contributed by atoms with Gasteiger partial charge in [-0.1, -0.05) is 0 Å². The second-order valence-corrected chi connectivity index (χ2v) is 3.04. The molecule has 6 heteroatoms. The molecule has 0 bridgehead atoms. The fourth-order valence-electron chi connectivity index (χ4n) is 0.889. The van der Waals surface area contributed by atoms with E-state index in [2.05, 4.69) is 0 Å². The van der Waals surface area contributed by atoms with E-state index in [0.717, 1.165) is 0 Å². The van der Waals surface area contributed by atoms with Crippen molar-refractivity contribution >= 4 is 23.5 Å². The molecule has 0 aliphatic carbocycles. The molecule has 0 aromatic carbocycles. The monoisotopic (exact) mass is 216 g/mol. The largest absolute Gasteiger partial charge is 0.481 e. The fourth-order valence-corrected chi connectivity index (χ4v) is 0.889. The lowest BCUT2D eigenvalue weighted by molar-refractivity contribution is -0.139. The molecule has 0 amide bonds. The minimum Gasteiger partial charge on any atom is -0.481 e. The van der Waals surface area contributed by atoms with Gasteiger partial charge in [-0.15, -0.1) is 0 Å². The van der Waals surface area contributed by atoms with E-state index in [9.17, 15) is 19.2 Å². The Labute approximate surface area is 85.9 Å². The number of carboxylic acid groups (broad SMARTS) is 2. The average Bonchev–Trinajstić information content (AvgIpc) is 2.11. The molecule has 0 aliphatic heterocycles. The van der Waals surface area contributed by atoms with Crippen LogP contribution in [-0.4, -0.2) is 33.7 Å². The summed E-state index contributed by atoms with van der Waals surface area (Å²) in [7, 11) is 0. The Bertz CT molecular complexity index is 252. The maximum absolute atomic E-state index is 11.0. The van der Waals surface area contributed by atoms with Crippen molar-refractivity contribution in [2.24, 2.45) is 0 Å². The number of hydrogen-bond donors (Lipinski definition) is 2. The molecule has 0 heterocycles. The highest BCUT2D eigenvalue weighted by Gasteiger charge is 2.12. The van der Waals surface area contributed by atoms with Crippen LogP contribution in [0.1, 0.15) is 32.1 Å². The topological polar surface area (TPSA) is 109 Å². The van der Waals surface area contributed by atoms with Gasteiger partial charge in [0.05, 0.1) is 19.3 Å². The molecule has 0 radical (unpaired) electrons. The van der Waals surface area contributed by atoms with Crippen LogP contribution in [0.25, 0.3) is 0 Å². The summed E-state index contributed by atoms with van der Waals surface area (Å²) in [6.45, 7) is 0. The number of hydrogen-bond acceptors (Lipinski definition) is 4. The highest BCUT2D eigenvalue weighted by molar-refractivity contribution is 6.00. The van der Waals surface area contributed by atoms with Crippen molar-refractivity contribution in [2.45, 2.75) is 32.1 Å². The smallest absolute Gasteiger partial charge is 0.303 e. The molecule has 0 aliphatic rings. The number of Topliss-reactive ketones (excluding diaryl/α,β-unsaturated/α-hetero) is 2. The van der Waals surface area contributed by atoms with Gasteiger partial charge in [-0.3, -0.25) is 19.2 Å². The van der Waals surface area contributed by atoms with Gasteiger partial charge in [0.2, 0.25) is 0 Å². The van der Waals surface area contributed by atoms with Gasteiger partial charge >= 0.3 is 11.9 Å². The van der Waals surface area contributed by atoms with Gasteiger partial charge in [0, 0.05) is 12.8 Å². The van der Waals surface area contributed by atoms with Crippen molar-refractivity contribution in [3.05, 3.63) is 0 Å². The van der Waals surface area contributed by atoms with Crippen molar-refractivity contribution in [1.82, 2.24) is 0 Å². The van der Waals surface area contributed by atoms with E-state index in [1.54, 1.807) is 0 Å². The van der Waals surface area contributed by atoms with E-state index in [1.807, 2.05) is 0 Å². The third kappa shape index (κ3) is 8.61. The molecular weight excluding hydrogens is 204 g/mol. The molecule has 0 spiro atoms. The lowest BCUT2D eigenvalue weighted by Gasteiger charge is -1.97. The van der Waals surface area contributed by atoms with Crippen molar-refractivity contribution in [2.75, 3.05) is 0 Å². The van der Waals surface area contributed by atoms with Crippen molar-refractivity contribution < 1.29 is 29.4 Å². The summed E-state index contributed by atoms with van der Waals surface area (Å²) in [4.78, 5) is 42.1. The van der Waals surface area contributed by atoms with Crippen molar-refractivity contribution in [3.63, 3.8) is 0 Å². The van der Waals surface area contributed by atoms with Crippen molar-refractivity contribution in [3.8, 4) is 0 Å². The van der Waals surface area contributed by atoms with Crippen LogP contribution >= 0.6 is 0 Å². The van der Waals surface area contributed by atoms with Crippen molar-refractivity contribution in [1.29, 1.82) is 0 Å². The number of carboxylic acids is 2. The molecule has 84 valence electrons. The molecule has 0 saturated heterocycles. The first kappa shape index (κ1) is 13.3. The van der Waals surface area contributed by atoms with E-state index in [4.69, 9.17) is 10.2 Å². The summed E-state index contributed by atoms with van der Waals surface area (Å²) in [6.07, 6.45) is -1.35. The third-order valence-electron chi connectivity index (χ3n) is 1.63. The zero-order valence-electron chi connectivity index (χ0n) is 8.06. The molecule has 0 atom stereocenters. The first-order valence-corrected chi connectivity index (χ1v) is 4.39. The summed E-state index contributed by atoms with van der Waals surface area (Å²) >= 11 is 0. The van der Waals surface area contributed by atoms with Crippen LogP contribution < -0.4 is 0 Å². The highest BCUT2D eigenvalue weighted by Crippen LogP contribution is 2.00. The maximum Gasteiger partial charge on any atom is 0.303 e. The molecule has 0 fully saturated rings. The van der Waals surface area contributed by atoms with Crippen LogP contribution in [0.15, 0.2) is 0 Å². The Morgan fingerprint density at radius 2 is 1.00 bits per heavy atom. The van der Waals surface area contributed by atoms with Crippen LogP contribution in [0.2, 0.25) is 0 Å². The fraction of sp³-hybridized carbons (Fsp3) is 0.556. The molecule has 0 unspecified atom stereocenters. The molecule has 0 saturated carbocycles. The van der Waals surface area contributed by atoms with Crippen LogP contribution in [0.4, 0.5) is 0 Å². The zero-order valence-corrected chi connectivity index (χ0v) is 8.06. The maximum atomic E-state index is 11.0. The summed E-state index contributed by atoms with van der Waals surface area (Å²) in [5.41, 5.74) is 0. The minimum atomic E-state index is -1.10. The van der Waals surface area contributed by atoms with Gasteiger partial charge in [-0.05, 0) is 0 Å². The summed E-state index contributed by atoms with van der Waals surface area (Å²) < 4.78 is 0. The van der Waals surface area contributed by atoms with E-state index >= 15 is 0 Å². The number of carbonyl (C=O) groups is 4. The lowest BCUT2D eigenvalue weighted by Crippen LogP contribution is -2.11. The standard InChI is InChI=1S/C9H12O6/c10-6(1-3-8(12)13)5-7(11)2-4-9(14)15/h1-5H2,(H,12,13)(H,14,15). The van der Waals surface area contributed by atoms with Crippen LogP contribution in [0.5, 0.6) is 0 Å². The number of rotatable bonds is 8. The van der Waals surface area contributed by atoms with Gasteiger partial charge in [0.1, 0.15) is 11.6 Å². The third-order valence-corrected chi connectivity index (χ3v) is 1.63. The van der Waals surface area contributed by atoms with E-state index in [1.165, 1.54) is 0 Å². The SMILES string of the molecule is O=C(O)CCC(=O)CC(=O)CCC(=O)O. The van der Waals surface area contributed by atoms with Gasteiger partial charge in [-0.2, -0.15) is 0 Å². The summed E-state index contributed by atoms with van der Waals surface area (Å²) in [6, 6.07) is 0. The second-order valence-electron chi connectivity index (χ2n) is 3.04. The molecule has 0 rings (SSSR count). The van der Waals surface area contributed by atoms with Gasteiger partial charge in [0.15, 0.2) is 0 Å². The summed E-state index contributed by atoms with van der Waals surface area (Å²) in [5, 5.41) is 16.5. The molecule has 0 aromatic heterocycles. The first-order valence-electron chi connectivity index (χ1n) is 4.39.